The molecular weight excluding hydrogens is 350 g/mol. The highest BCUT2D eigenvalue weighted by Crippen LogP contribution is 2.29. The van der Waals surface area contributed by atoms with Crippen LogP contribution in [0.5, 0.6) is 0 Å². The lowest BCUT2D eigenvalue weighted by Gasteiger charge is -2.39. The van der Waals surface area contributed by atoms with Crippen LogP contribution in [0.1, 0.15) is 17.3 Å². The topological polar surface area (TPSA) is 48.8 Å². The molecule has 1 aromatic heterocycles. The standard InChI is InChI=1S/C20H26ClN3O2/c21-18-6-4-17(5-7-18)20(19-3-1-2-8-22-19)24-11-9-23(10-12-24)13-15-26-16-14-25/h1-8,20,25H,9-16H2. The molecule has 26 heavy (non-hydrogen) atoms. The van der Waals surface area contributed by atoms with Crippen LogP contribution in [0.3, 0.4) is 0 Å². The van der Waals surface area contributed by atoms with Gasteiger partial charge in [0.1, 0.15) is 0 Å². The average molecular weight is 376 g/mol. The van der Waals surface area contributed by atoms with Crippen molar-refractivity contribution in [2.24, 2.45) is 0 Å². The van der Waals surface area contributed by atoms with Crippen LogP contribution in [-0.2, 0) is 4.74 Å². The minimum Gasteiger partial charge on any atom is -0.394 e. The first-order valence-electron chi connectivity index (χ1n) is 9.09. The second-order valence-electron chi connectivity index (χ2n) is 6.42. The van der Waals surface area contributed by atoms with E-state index in [9.17, 15) is 0 Å². The number of ether oxygens (including phenoxy) is 1. The molecule has 0 spiro atoms. The maximum atomic E-state index is 8.77. The second-order valence-corrected chi connectivity index (χ2v) is 6.86. The van der Waals surface area contributed by atoms with Gasteiger partial charge in [-0.25, -0.2) is 0 Å². The van der Waals surface area contributed by atoms with Crippen LogP contribution in [0, 0.1) is 0 Å². The smallest absolute Gasteiger partial charge is 0.0777 e. The molecule has 0 saturated carbocycles. The van der Waals surface area contributed by atoms with Gasteiger partial charge in [0.05, 0.1) is 31.6 Å². The lowest BCUT2D eigenvalue weighted by Crippen LogP contribution is -2.48. The minimum atomic E-state index is 0.0840. The molecule has 1 aliphatic rings. The lowest BCUT2D eigenvalue weighted by atomic mass is 10.0. The third-order valence-corrected chi connectivity index (χ3v) is 4.97. The van der Waals surface area contributed by atoms with E-state index in [1.54, 1.807) is 0 Å². The van der Waals surface area contributed by atoms with Gasteiger partial charge in [-0.3, -0.25) is 14.8 Å². The van der Waals surface area contributed by atoms with Gasteiger partial charge in [0.15, 0.2) is 0 Å². The van der Waals surface area contributed by atoms with Crippen molar-refractivity contribution in [3.05, 3.63) is 64.9 Å². The number of hydrogen-bond donors (Lipinski definition) is 1. The molecule has 0 bridgehead atoms. The van der Waals surface area contributed by atoms with Gasteiger partial charge < -0.3 is 9.84 Å². The van der Waals surface area contributed by atoms with E-state index in [1.165, 1.54) is 5.56 Å². The summed E-state index contributed by atoms with van der Waals surface area (Å²) in [5, 5.41) is 9.52. The summed E-state index contributed by atoms with van der Waals surface area (Å²) in [4.78, 5) is 9.50. The first-order chi connectivity index (χ1) is 12.8. The Morgan fingerprint density at radius 1 is 1.04 bits per heavy atom. The number of hydrogen-bond acceptors (Lipinski definition) is 5. The van der Waals surface area contributed by atoms with Crippen molar-refractivity contribution in [2.75, 3.05) is 52.5 Å². The predicted molar refractivity (Wildman–Crippen MR) is 103 cm³/mol. The Hall–Kier alpha value is -1.50. The molecule has 1 unspecified atom stereocenters. The molecule has 3 rings (SSSR count). The normalized spacial score (nSPS) is 17.3. The summed E-state index contributed by atoms with van der Waals surface area (Å²) in [6.07, 6.45) is 1.85. The van der Waals surface area contributed by atoms with Crippen LogP contribution in [0.15, 0.2) is 48.7 Å². The highest BCUT2D eigenvalue weighted by Gasteiger charge is 2.27. The number of nitrogens with zero attached hydrogens (tertiary/aromatic N) is 3. The Balaban J connectivity index is 1.66. The highest BCUT2D eigenvalue weighted by molar-refractivity contribution is 6.30. The summed E-state index contributed by atoms with van der Waals surface area (Å²) in [5.41, 5.74) is 2.28. The number of pyridine rings is 1. The fourth-order valence-electron chi connectivity index (χ4n) is 3.36. The van der Waals surface area contributed by atoms with E-state index in [-0.39, 0.29) is 12.6 Å². The Morgan fingerprint density at radius 2 is 1.81 bits per heavy atom. The average Bonchev–Trinajstić information content (AvgIpc) is 2.69. The lowest BCUT2D eigenvalue weighted by molar-refractivity contribution is 0.0518. The SMILES string of the molecule is OCCOCCN1CCN(C(c2ccc(Cl)cc2)c2ccccn2)CC1. The van der Waals surface area contributed by atoms with Gasteiger partial charge in [0.2, 0.25) is 0 Å². The van der Waals surface area contributed by atoms with Gasteiger partial charge >= 0.3 is 0 Å². The van der Waals surface area contributed by atoms with Crippen LogP contribution in [0.25, 0.3) is 0 Å². The zero-order valence-corrected chi connectivity index (χ0v) is 15.7. The quantitative estimate of drug-likeness (QED) is 0.718. The zero-order valence-electron chi connectivity index (χ0n) is 14.9. The zero-order chi connectivity index (χ0) is 18.2. The van der Waals surface area contributed by atoms with Crippen molar-refractivity contribution in [3.8, 4) is 0 Å². The van der Waals surface area contributed by atoms with Crippen LogP contribution < -0.4 is 0 Å². The summed E-state index contributed by atoms with van der Waals surface area (Å²) < 4.78 is 5.38. The van der Waals surface area contributed by atoms with Gasteiger partial charge in [-0.1, -0.05) is 29.8 Å². The highest BCUT2D eigenvalue weighted by atomic mass is 35.5. The van der Waals surface area contributed by atoms with E-state index in [2.05, 4.69) is 33.0 Å². The molecule has 0 amide bonds. The number of aliphatic hydroxyl groups excluding tert-OH is 1. The number of halogens is 1. The fraction of sp³-hybridized carbons (Fsp3) is 0.450. The maximum Gasteiger partial charge on any atom is 0.0777 e. The van der Waals surface area contributed by atoms with Crippen LogP contribution in [-0.4, -0.2) is 72.4 Å². The first-order valence-corrected chi connectivity index (χ1v) is 9.47. The van der Waals surface area contributed by atoms with Crippen molar-refractivity contribution < 1.29 is 9.84 Å². The molecule has 0 radical (unpaired) electrons. The Kier molecular flexibility index (Phi) is 7.41. The summed E-state index contributed by atoms with van der Waals surface area (Å²) >= 11 is 6.07. The molecule has 6 heteroatoms. The van der Waals surface area contributed by atoms with E-state index >= 15 is 0 Å². The van der Waals surface area contributed by atoms with Crippen molar-refractivity contribution in [2.45, 2.75) is 6.04 Å². The van der Waals surface area contributed by atoms with Crippen molar-refractivity contribution in [3.63, 3.8) is 0 Å². The molecule has 1 aliphatic heterocycles. The number of benzene rings is 1. The summed E-state index contributed by atoms with van der Waals surface area (Å²) in [7, 11) is 0. The van der Waals surface area contributed by atoms with Crippen LogP contribution in [0.2, 0.25) is 5.02 Å². The van der Waals surface area contributed by atoms with Gasteiger partial charge in [0, 0.05) is 43.9 Å². The molecule has 1 fully saturated rings. The van der Waals surface area contributed by atoms with Gasteiger partial charge in [-0.2, -0.15) is 0 Å². The van der Waals surface area contributed by atoms with Gasteiger partial charge in [0.25, 0.3) is 0 Å². The van der Waals surface area contributed by atoms with E-state index < -0.39 is 0 Å². The predicted octanol–water partition coefficient (Wildman–Crippen LogP) is 2.45. The summed E-state index contributed by atoms with van der Waals surface area (Å²) in [5.74, 6) is 0. The molecule has 1 N–H and O–H groups in total. The van der Waals surface area contributed by atoms with Crippen molar-refractivity contribution in [1.82, 2.24) is 14.8 Å². The molecule has 1 saturated heterocycles. The first kappa shape index (κ1) is 19.3. The van der Waals surface area contributed by atoms with Crippen LogP contribution in [0.4, 0.5) is 0 Å². The number of piperazine rings is 1. The molecule has 2 aromatic rings. The second kappa shape index (κ2) is 10.00. The van der Waals surface area contributed by atoms with Crippen molar-refractivity contribution in [1.29, 1.82) is 0 Å². The molecule has 140 valence electrons. The Morgan fingerprint density at radius 3 is 2.46 bits per heavy atom. The largest absolute Gasteiger partial charge is 0.394 e. The molecular formula is C20H26ClN3O2. The summed E-state index contributed by atoms with van der Waals surface area (Å²) in [6, 6.07) is 14.3. The third-order valence-electron chi connectivity index (χ3n) is 4.71. The molecule has 0 aliphatic carbocycles. The van der Waals surface area contributed by atoms with Crippen LogP contribution >= 0.6 is 11.6 Å². The Bertz CT molecular complexity index is 646. The van der Waals surface area contributed by atoms with E-state index in [0.29, 0.717) is 13.2 Å². The number of rotatable bonds is 8. The minimum absolute atomic E-state index is 0.0840. The van der Waals surface area contributed by atoms with Gasteiger partial charge in [-0.15, -0.1) is 0 Å². The van der Waals surface area contributed by atoms with Crippen molar-refractivity contribution >= 4 is 11.6 Å². The third kappa shape index (κ3) is 5.25. The van der Waals surface area contributed by atoms with E-state index in [0.717, 1.165) is 43.4 Å². The summed E-state index contributed by atoms with van der Waals surface area (Å²) in [6.45, 7) is 6.02. The maximum absolute atomic E-state index is 8.77. The molecule has 5 nitrogen and oxygen atoms in total. The number of aromatic nitrogens is 1. The fourth-order valence-corrected chi connectivity index (χ4v) is 3.48. The monoisotopic (exact) mass is 375 g/mol. The van der Waals surface area contributed by atoms with Gasteiger partial charge in [-0.05, 0) is 29.8 Å². The van der Waals surface area contributed by atoms with E-state index in [1.807, 2.05) is 30.5 Å². The number of aliphatic hydroxyl groups is 1. The van der Waals surface area contributed by atoms with E-state index in [4.69, 9.17) is 21.4 Å². The molecule has 1 aromatic carbocycles. The Labute approximate surface area is 160 Å². The molecule has 2 heterocycles. The molecule has 1 atom stereocenters.